The first-order chi connectivity index (χ1) is 10.1. The van der Waals surface area contributed by atoms with Gasteiger partial charge in [-0.15, -0.1) is 0 Å². The van der Waals surface area contributed by atoms with Crippen LogP contribution < -0.4 is 5.32 Å². The van der Waals surface area contributed by atoms with Crippen molar-refractivity contribution in [3.05, 3.63) is 35.4 Å². The molecule has 2 fully saturated rings. The molecular weight excluding hydrogens is 266 g/mol. The number of rotatable bonds is 3. The Morgan fingerprint density at radius 3 is 2.90 bits per heavy atom. The van der Waals surface area contributed by atoms with Crippen molar-refractivity contribution in [2.75, 3.05) is 32.7 Å². The number of hydrogen-bond acceptors (Lipinski definition) is 3. The Hall–Kier alpha value is -1.88. The summed E-state index contributed by atoms with van der Waals surface area (Å²) in [5.74, 6) is 0.268. The third-order valence-corrected chi connectivity index (χ3v) is 4.24. The molecule has 0 unspecified atom stereocenters. The molecule has 5 heteroatoms. The van der Waals surface area contributed by atoms with Crippen LogP contribution in [-0.4, -0.2) is 60.4 Å². The normalized spacial score (nSPS) is 20.0. The van der Waals surface area contributed by atoms with Crippen LogP contribution in [0.4, 0.5) is 0 Å². The second kappa shape index (κ2) is 5.85. The standard InChI is InChI=1S/C16H21N3O2/c1-12-3-2-4-13(7-12)8-16(21)19-9-14(10-19)18-6-5-17-15(20)11-18/h2-4,7,14H,5-6,8-11H2,1H3,(H,17,20). The highest BCUT2D eigenvalue weighted by Crippen LogP contribution is 2.17. The number of likely N-dealkylation sites (tertiary alicyclic amines) is 1. The smallest absolute Gasteiger partial charge is 0.234 e. The third kappa shape index (κ3) is 3.24. The van der Waals surface area contributed by atoms with Gasteiger partial charge in [0.25, 0.3) is 0 Å². The molecule has 0 atom stereocenters. The van der Waals surface area contributed by atoms with E-state index < -0.39 is 0 Å². The maximum Gasteiger partial charge on any atom is 0.234 e. The van der Waals surface area contributed by atoms with Crippen molar-refractivity contribution in [3.63, 3.8) is 0 Å². The topological polar surface area (TPSA) is 52.7 Å². The molecule has 0 aromatic heterocycles. The molecule has 0 aliphatic carbocycles. The lowest BCUT2D eigenvalue weighted by atomic mass is 10.0. The number of nitrogens with zero attached hydrogens (tertiary/aromatic N) is 2. The number of carbonyl (C=O) groups is 2. The molecule has 112 valence electrons. The van der Waals surface area contributed by atoms with Crippen molar-refractivity contribution in [2.24, 2.45) is 0 Å². The van der Waals surface area contributed by atoms with Crippen molar-refractivity contribution < 1.29 is 9.59 Å². The Bertz CT molecular complexity index is 552. The molecule has 0 bridgehead atoms. The molecule has 2 amide bonds. The second-order valence-corrected chi connectivity index (χ2v) is 5.94. The van der Waals surface area contributed by atoms with E-state index in [1.807, 2.05) is 30.0 Å². The minimum Gasteiger partial charge on any atom is -0.354 e. The predicted octanol–water partition coefficient (Wildman–Crippen LogP) is 0.180. The van der Waals surface area contributed by atoms with E-state index in [4.69, 9.17) is 0 Å². The first kappa shape index (κ1) is 14.1. The van der Waals surface area contributed by atoms with Crippen LogP contribution in [0.25, 0.3) is 0 Å². The minimum atomic E-state index is 0.0887. The van der Waals surface area contributed by atoms with Crippen LogP contribution in [0.5, 0.6) is 0 Å². The van der Waals surface area contributed by atoms with E-state index >= 15 is 0 Å². The Morgan fingerprint density at radius 2 is 2.19 bits per heavy atom. The average Bonchev–Trinajstić information content (AvgIpc) is 2.37. The molecule has 0 spiro atoms. The fraction of sp³-hybridized carbons (Fsp3) is 0.500. The van der Waals surface area contributed by atoms with Gasteiger partial charge in [0.2, 0.25) is 11.8 Å². The van der Waals surface area contributed by atoms with Crippen LogP contribution in [0, 0.1) is 6.92 Å². The number of benzene rings is 1. The molecule has 5 nitrogen and oxygen atoms in total. The SMILES string of the molecule is Cc1cccc(CC(=O)N2CC(N3CCNC(=O)C3)C2)c1. The Labute approximate surface area is 124 Å². The number of piperazine rings is 1. The van der Waals surface area contributed by atoms with Crippen molar-refractivity contribution in [2.45, 2.75) is 19.4 Å². The molecule has 1 aromatic carbocycles. The highest BCUT2D eigenvalue weighted by Gasteiger charge is 2.36. The lowest BCUT2D eigenvalue weighted by Gasteiger charge is -2.46. The van der Waals surface area contributed by atoms with E-state index in [0.717, 1.165) is 25.2 Å². The Balaban J connectivity index is 1.49. The van der Waals surface area contributed by atoms with Crippen LogP contribution in [0.3, 0.4) is 0 Å². The van der Waals surface area contributed by atoms with Gasteiger partial charge >= 0.3 is 0 Å². The average molecular weight is 287 g/mol. The quantitative estimate of drug-likeness (QED) is 0.863. The molecule has 2 aliphatic heterocycles. The number of carbonyl (C=O) groups excluding carboxylic acids is 2. The van der Waals surface area contributed by atoms with Crippen LogP contribution in [-0.2, 0) is 16.0 Å². The van der Waals surface area contributed by atoms with E-state index in [-0.39, 0.29) is 11.8 Å². The van der Waals surface area contributed by atoms with Gasteiger partial charge in [-0.1, -0.05) is 29.8 Å². The van der Waals surface area contributed by atoms with Crippen LogP contribution >= 0.6 is 0 Å². The van der Waals surface area contributed by atoms with E-state index in [1.165, 1.54) is 5.56 Å². The van der Waals surface area contributed by atoms with Crippen molar-refractivity contribution in [1.82, 2.24) is 15.1 Å². The molecular formula is C16H21N3O2. The predicted molar refractivity (Wildman–Crippen MR) is 79.8 cm³/mol. The Morgan fingerprint density at radius 1 is 1.38 bits per heavy atom. The fourth-order valence-electron chi connectivity index (χ4n) is 2.97. The van der Waals surface area contributed by atoms with Gasteiger partial charge in [0.05, 0.1) is 13.0 Å². The molecule has 1 aromatic rings. The number of nitrogens with one attached hydrogen (secondary N) is 1. The first-order valence-corrected chi connectivity index (χ1v) is 7.46. The summed E-state index contributed by atoms with van der Waals surface area (Å²) >= 11 is 0. The molecule has 3 rings (SSSR count). The molecule has 2 heterocycles. The highest BCUT2D eigenvalue weighted by atomic mass is 16.2. The zero-order valence-corrected chi connectivity index (χ0v) is 12.3. The van der Waals surface area contributed by atoms with Crippen molar-refractivity contribution >= 4 is 11.8 Å². The molecule has 1 N–H and O–H groups in total. The first-order valence-electron chi connectivity index (χ1n) is 7.46. The Kier molecular flexibility index (Phi) is 3.92. The van der Waals surface area contributed by atoms with Crippen LogP contribution in [0.15, 0.2) is 24.3 Å². The van der Waals surface area contributed by atoms with Gasteiger partial charge in [-0.2, -0.15) is 0 Å². The maximum atomic E-state index is 12.2. The molecule has 2 saturated heterocycles. The van der Waals surface area contributed by atoms with Crippen molar-refractivity contribution in [1.29, 1.82) is 0 Å². The maximum absolute atomic E-state index is 12.2. The molecule has 0 radical (unpaired) electrons. The van der Waals surface area contributed by atoms with Gasteiger partial charge in [-0.3, -0.25) is 14.5 Å². The molecule has 0 saturated carbocycles. The van der Waals surface area contributed by atoms with E-state index in [0.29, 0.717) is 25.6 Å². The lowest BCUT2D eigenvalue weighted by molar-refractivity contribution is -0.139. The summed E-state index contributed by atoms with van der Waals surface area (Å²) in [5, 5.41) is 2.83. The number of amides is 2. The van der Waals surface area contributed by atoms with Gasteiger partial charge in [-0.25, -0.2) is 0 Å². The van der Waals surface area contributed by atoms with Crippen LogP contribution in [0.2, 0.25) is 0 Å². The summed E-state index contributed by atoms with van der Waals surface area (Å²) in [6.45, 7) is 5.60. The second-order valence-electron chi connectivity index (χ2n) is 5.94. The summed E-state index contributed by atoms with van der Waals surface area (Å²) in [7, 11) is 0. The van der Waals surface area contributed by atoms with Crippen molar-refractivity contribution in [3.8, 4) is 0 Å². The van der Waals surface area contributed by atoms with Gasteiger partial charge < -0.3 is 10.2 Å². The number of aryl methyl sites for hydroxylation is 1. The minimum absolute atomic E-state index is 0.0887. The monoisotopic (exact) mass is 287 g/mol. The zero-order valence-electron chi connectivity index (χ0n) is 12.3. The largest absolute Gasteiger partial charge is 0.354 e. The summed E-state index contributed by atoms with van der Waals surface area (Å²) in [4.78, 5) is 27.7. The zero-order chi connectivity index (χ0) is 14.8. The molecule has 2 aliphatic rings. The number of hydrogen-bond donors (Lipinski definition) is 1. The van der Waals surface area contributed by atoms with E-state index in [9.17, 15) is 9.59 Å². The van der Waals surface area contributed by atoms with Gasteiger partial charge in [0.1, 0.15) is 0 Å². The summed E-state index contributed by atoms with van der Waals surface area (Å²) in [5.41, 5.74) is 2.25. The van der Waals surface area contributed by atoms with Gasteiger partial charge in [0.15, 0.2) is 0 Å². The summed E-state index contributed by atoms with van der Waals surface area (Å²) in [6.07, 6.45) is 0.467. The van der Waals surface area contributed by atoms with E-state index in [1.54, 1.807) is 0 Å². The fourth-order valence-corrected chi connectivity index (χ4v) is 2.97. The van der Waals surface area contributed by atoms with Gasteiger partial charge in [-0.05, 0) is 12.5 Å². The van der Waals surface area contributed by atoms with E-state index in [2.05, 4.69) is 16.3 Å². The van der Waals surface area contributed by atoms with Gasteiger partial charge in [0, 0.05) is 32.2 Å². The van der Waals surface area contributed by atoms with Crippen LogP contribution in [0.1, 0.15) is 11.1 Å². The molecule has 21 heavy (non-hydrogen) atoms. The lowest BCUT2D eigenvalue weighted by Crippen LogP contribution is -2.65. The highest BCUT2D eigenvalue weighted by molar-refractivity contribution is 5.80. The summed E-state index contributed by atoms with van der Waals surface area (Å²) in [6, 6.07) is 8.43. The third-order valence-electron chi connectivity index (χ3n) is 4.24. The summed E-state index contributed by atoms with van der Waals surface area (Å²) < 4.78 is 0.